The average molecular weight is 396 g/mol. The van der Waals surface area contributed by atoms with Crippen molar-refractivity contribution in [3.8, 4) is 10.4 Å². The first-order chi connectivity index (χ1) is 12.8. The lowest BCUT2D eigenvalue weighted by Crippen LogP contribution is -2.44. The molecule has 0 aromatic carbocycles. The van der Waals surface area contributed by atoms with Gasteiger partial charge >= 0.3 is 11.9 Å². The van der Waals surface area contributed by atoms with Gasteiger partial charge in [-0.3, -0.25) is 13.9 Å². The monoisotopic (exact) mass is 396 g/mol. The maximum Gasteiger partial charge on any atom is 0.425 e. The van der Waals surface area contributed by atoms with E-state index in [1.165, 1.54) is 21.4 Å². The molecule has 142 valence electrons. The van der Waals surface area contributed by atoms with Crippen LogP contribution in [0, 0.1) is 0 Å². The second-order valence-electron chi connectivity index (χ2n) is 6.39. The van der Waals surface area contributed by atoms with Crippen LogP contribution in [0.15, 0.2) is 29.2 Å². The number of halogens is 3. The van der Waals surface area contributed by atoms with E-state index >= 15 is 0 Å². The Morgan fingerprint density at radius 2 is 2.04 bits per heavy atom. The molecule has 0 atom stereocenters. The molecule has 3 aromatic heterocycles. The fourth-order valence-corrected chi connectivity index (χ4v) is 3.87. The number of imidazole rings is 1. The van der Waals surface area contributed by atoms with Crippen LogP contribution in [0.4, 0.5) is 13.2 Å². The summed E-state index contributed by atoms with van der Waals surface area (Å²) in [6.07, 6.45) is -2.02. The van der Waals surface area contributed by atoms with Gasteiger partial charge in [-0.25, -0.2) is 9.78 Å². The number of carbonyl (C=O) groups excluding carboxylic acids is 1. The summed E-state index contributed by atoms with van der Waals surface area (Å²) in [5.41, 5.74) is 0.896. The number of amides is 1. The predicted octanol–water partition coefficient (Wildman–Crippen LogP) is 2.71. The molecule has 0 radical (unpaired) electrons. The second kappa shape index (κ2) is 6.22. The summed E-state index contributed by atoms with van der Waals surface area (Å²) >= 11 is 0.616. The van der Waals surface area contributed by atoms with Crippen molar-refractivity contribution < 1.29 is 18.0 Å². The van der Waals surface area contributed by atoms with Gasteiger partial charge in [-0.05, 0) is 24.6 Å². The van der Waals surface area contributed by atoms with Gasteiger partial charge < -0.3 is 4.90 Å². The van der Waals surface area contributed by atoms with E-state index in [-0.39, 0.29) is 18.1 Å². The first kappa shape index (κ1) is 17.8. The van der Waals surface area contributed by atoms with Gasteiger partial charge in [0.15, 0.2) is 5.65 Å². The lowest BCUT2D eigenvalue weighted by atomic mass is 10.2. The minimum atomic E-state index is -4.40. The smallest absolute Gasteiger partial charge is 0.341 e. The predicted molar refractivity (Wildman–Crippen MR) is 94.5 cm³/mol. The van der Waals surface area contributed by atoms with Crippen LogP contribution < -0.4 is 5.69 Å². The number of thiophene rings is 1. The maximum absolute atomic E-state index is 12.9. The van der Waals surface area contributed by atoms with Gasteiger partial charge in [-0.2, -0.15) is 13.2 Å². The molecule has 6 nitrogen and oxygen atoms in total. The Morgan fingerprint density at radius 3 is 2.63 bits per heavy atom. The molecule has 0 aliphatic carbocycles. The number of hydrogen-bond acceptors (Lipinski definition) is 4. The molecule has 3 aromatic rings. The number of aryl methyl sites for hydroxylation is 1. The standard InChI is InChI=1S/C17H15F3N4O2S/c1-22-15-11(24(16(22)26)9-14(25)23-5-2-6-23)7-10(8-21-15)12-3-4-13(27-12)17(18,19)20/h3-4,7-8H,2,5-6,9H2,1H3. The van der Waals surface area contributed by atoms with Gasteiger partial charge in [0.25, 0.3) is 0 Å². The summed E-state index contributed by atoms with van der Waals surface area (Å²) in [4.78, 5) is 30.4. The molecular formula is C17H15F3N4O2S. The zero-order chi connectivity index (χ0) is 19.3. The number of nitrogens with zero attached hydrogens (tertiary/aromatic N) is 4. The Bertz CT molecular complexity index is 1090. The van der Waals surface area contributed by atoms with E-state index in [0.717, 1.165) is 12.5 Å². The quantitative estimate of drug-likeness (QED) is 0.684. The van der Waals surface area contributed by atoms with Crippen molar-refractivity contribution in [2.24, 2.45) is 7.05 Å². The molecule has 1 saturated heterocycles. The summed E-state index contributed by atoms with van der Waals surface area (Å²) < 4.78 is 41.2. The molecule has 0 saturated carbocycles. The highest BCUT2D eigenvalue weighted by atomic mass is 32.1. The number of hydrogen-bond donors (Lipinski definition) is 0. The summed E-state index contributed by atoms with van der Waals surface area (Å²) in [7, 11) is 1.55. The highest BCUT2D eigenvalue weighted by Gasteiger charge is 2.32. The zero-order valence-electron chi connectivity index (χ0n) is 14.3. The van der Waals surface area contributed by atoms with E-state index in [2.05, 4.69) is 4.98 Å². The molecule has 0 N–H and O–H groups in total. The summed E-state index contributed by atoms with van der Waals surface area (Å²) in [6, 6.07) is 4.02. The van der Waals surface area contributed by atoms with Crippen molar-refractivity contribution in [2.75, 3.05) is 13.1 Å². The Balaban J connectivity index is 1.76. The molecule has 10 heteroatoms. The summed E-state index contributed by atoms with van der Waals surface area (Å²) in [5, 5.41) is 0. The molecule has 0 bridgehead atoms. The van der Waals surface area contributed by atoms with Gasteiger partial charge in [0.2, 0.25) is 5.91 Å². The summed E-state index contributed by atoms with van der Waals surface area (Å²) in [5.74, 6) is -0.156. The van der Waals surface area contributed by atoms with E-state index in [4.69, 9.17) is 0 Å². The van der Waals surface area contributed by atoms with Crippen LogP contribution in [-0.4, -0.2) is 38.0 Å². The third kappa shape index (κ3) is 3.03. The van der Waals surface area contributed by atoms with Crippen LogP contribution in [0.3, 0.4) is 0 Å². The second-order valence-corrected chi connectivity index (χ2v) is 7.47. The highest BCUT2D eigenvalue weighted by Crippen LogP contribution is 2.38. The van der Waals surface area contributed by atoms with Crippen LogP contribution in [0.1, 0.15) is 11.3 Å². The lowest BCUT2D eigenvalue weighted by molar-refractivity contribution is -0.135. The van der Waals surface area contributed by atoms with Crippen LogP contribution >= 0.6 is 11.3 Å². The Hall–Kier alpha value is -2.62. The van der Waals surface area contributed by atoms with Gasteiger partial charge in [0.05, 0.1) is 5.52 Å². The van der Waals surface area contributed by atoms with Crippen LogP contribution in [0.2, 0.25) is 0 Å². The molecule has 1 fully saturated rings. The lowest BCUT2D eigenvalue weighted by Gasteiger charge is -2.30. The van der Waals surface area contributed by atoms with Gasteiger partial charge in [-0.15, -0.1) is 11.3 Å². The van der Waals surface area contributed by atoms with E-state index in [1.807, 2.05) is 0 Å². The average Bonchev–Trinajstić information content (AvgIpc) is 3.13. The topological polar surface area (TPSA) is 60.1 Å². The number of alkyl halides is 3. The number of rotatable bonds is 3. The third-order valence-electron chi connectivity index (χ3n) is 4.65. The number of carbonyl (C=O) groups is 1. The van der Waals surface area contributed by atoms with E-state index < -0.39 is 11.1 Å². The normalized spacial score (nSPS) is 14.6. The SMILES string of the molecule is Cn1c(=O)n(CC(=O)N2CCC2)c2cc(-c3ccc(C(F)(F)F)s3)cnc21. The van der Waals surface area contributed by atoms with Gasteiger partial charge in [-0.1, -0.05) is 0 Å². The van der Waals surface area contributed by atoms with Crippen LogP contribution in [0.5, 0.6) is 0 Å². The van der Waals surface area contributed by atoms with Crippen molar-refractivity contribution in [3.05, 3.63) is 39.8 Å². The first-order valence-electron chi connectivity index (χ1n) is 8.26. The molecule has 0 spiro atoms. The first-order valence-corrected chi connectivity index (χ1v) is 9.08. The fourth-order valence-electron chi connectivity index (χ4n) is 3.01. The number of aromatic nitrogens is 3. The molecule has 4 rings (SSSR count). The van der Waals surface area contributed by atoms with Crippen molar-refractivity contribution >= 4 is 28.4 Å². The van der Waals surface area contributed by atoms with E-state index in [9.17, 15) is 22.8 Å². The molecule has 1 amide bonds. The summed E-state index contributed by atoms with van der Waals surface area (Å²) in [6.45, 7) is 1.24. The fraction of sp³-hybridized carbons (Fsp3) is 0.353. The minimum Gasteiger partial charge on any atom is -0.341 e. The minimum absolute atomic E-state index is 0.112. The van der Waals surface area contributed by atoms with E-state index in [0.29, 0.717) is 46.0 Å². The molecule has 1 aliphatic rings. The third-order valence-corrected chi connectivity index (χ3v) is 5.82. The van der Waals surface area contributed by atoms with Gasteiger partial charge in [0, 0.05) is 36.8 Å². The molecule has 0 unspecified atom stereocenters. The molecule has 4 heterocycles. The maximum atomic E-state index is 12.9. The number of fused-ring (bicyclic) bond motifs is 1. The van der Waals surface area contributed by atoms with Crippen LogP contribution in [-0.2, 0) is 24.6 Å². The van der Waals surface area contributed by atoms with E-state index in [1.54, 1.807) is 18.0 Å². The molecule has 1 aliphatic heterocycles. The number of likely N-dealkylation sites (tertiary alicyclic amines) is 1. The van der Waals surface area contributed by atoms with Crippen molar-refractivity contribution in [3.63, 3.8) is 0 Å². The molecule has 27 heavy (non-hydrogen) atoms. The van der Waals surface area contributed by atoms with Crippen molar-refractivity contribution in [1.29, 1.82) is 0 Å². The zero-order valence-corrected chi connectivity index (χ0v) is 15.1. The Morgan fingerprint density at radius 1 is 1.30 bits per heavy atom. The number of pyridine rings is 1. The Labute approximate surface area is 155 Å². The van der Waals surface area contributed by atoms with Crippen LogP contribution in [0.25, 0.3) is 21.6 Å². The van der Waals surface area contributed by atoms with Crippen molar-refractivity contribution in [2.45, 2.75) is 19.1 Å². The highest BCUT2D eigenvalue weighted by molar-refractivity contribution is 7.15. The van der Waals surface area contributed by atoms with Gasteiger partial charge in [0.1, 0.15) is 11.4 Å². The van der Waals surface area contributed by atoms with Crippen molar-refractivity contribution in [1.82, 2.24) is 19.0 Å². The molecular weight excluding hydrogens is 381 g/mol. The largest absolute Gasteiger partial charge is 0.425 e. The Kier molecular flexibility index (Phi) is 4.10.